The lowest BCUT2D eigenvalue weighted by Gasteiger charge is -2.27. The normalized spacial score (nSPS) is 24.9. The number of hydrogen-bond donors (Lipinski definition) is 0. The molecular weight excluding hydrogens is 218 g/mol. The molecule has 0 aromatic heterocycles. The van der Waals surface area contributed by atoms with E-state index in [-0.39, 0.29) is 23.8 Å². The van der Waals surface area contributed by atoms with Crippen molar-refractivity contribution in [3.05, 3.63) is 0 Å². The Morgan fingerprint density at radius 3 is 2.35 bits per heavy atom. The number of hydrogen-bond acceptors (Lipinski definition) is 3. The van der Waals surface area contributed by atoms with Gasteiger partial charge in [-0.05, 0) is 46.5 Å². The summed E-state index contributed by atoms with van der Waals surface area (Å²) in [6.07, 6.45) is 3.61. The van der Waals surface area contributed by atoms with Gasteiger partial charge in [-0.1, -0.05) is 0 Å². The van der Waals surface area contributed by atoms with Gasteiger partial charge in [0.1, 0.15) is 11.6 Å². The van der Waals surface area contributed by atoms with E-state index in [9.17, 15) is 9.59 Å². The van der Waals surface area contributed by atoms with Crippen molar-refractivity contribution in [2.45, 2.75) is 58.1 Å². The third kappa shape index (κ3) is 2.99. The zero-order valence-corrected chi connectivity index (χ0v) is 10.9. The molecule has 1 aliphatic heterocycles. The van der Waals surface area contributed by atoms with Crippen molar-refractivity contribution < 1.29 is 14.3 Å². The molecule has 1 heterocycles. The summed E-state index contributed by atoms with van der Waals surface area (Å²) in [5.41, 5.74) is -0.478. The van der Waals surface area contributed by atoms with Crippen LogP contribution in [0.25, 0.3) is 0 Å². The molecule has 0 radical (unpaired) electrons. The van der Waals surface area contributed by atoms with Gasteiger partial charge in [0.25, 0.3) is 0 Å². The van der Waals surface area contributed by atoms with Crippen LogP contribution in [-0.4, -0.2) is 35.0 Å². The van der Waals surface area contributed by atoms with E-state index in [4.69, 9.17) is 4.74 Å². The van der Waals surface area contributed by atoms with E-state index in [2.05, 4.69) is 0 Å². The molecule has 0 aromatic carbocycles. The van der Waals surface area contributed by atoms with Crippen molar-refractivity contribution in [1.82, 2.24) is 4.90 Å². The average molecular weight is 239 g/mol. The van der Waals surface area contributed by atoms with E-state index in [1.807, 2.05) is 20.8 Å². The predicted molar refractivity (Wildman–Crippen MR) is 63.3 cm³/mol. The third-order valence-electron chi connectivity index (χ3n) is 3.14. The van der Waals surface area contributed by atoms with E-state index in [1.54, 1.807) is 4.90 Å². The molecule has 2 rings (SSSR count). The molecule has 96 valence electrons. The summed E-state index contributed by atoms with van der Waals surface area (Å²) >= 11 is 0. The van der Waals surface area contributed by atoms with Gasteiger partial charge in [-0.2, -0.15) is 0 Å². The second-order valence-corrected chi connectivity index (χ2v) is 6.00. The van der Waals surface area contributed by atoms with Crippen molar-refractivity contribution in [2.75, 3.05) is 6.54 Å². The molecule has 1 atom stereocenters. The molecule has 2 aliphatic rings. The number of likely N-dealkylation sites (tertiary alicyclic amines) is 1. The highest BCUT2D eigenvalue weighted by atomic mass is 16.6. The molecular formula is C13H21NO3. The predicted octanol–water partition coefficient (Wildman–Crippen LogP) is 1.73. The number of amides is 1. The lowest BCUT2D eigenvalue weighted by atomic mass is 10.1. The van der Waals surface area contributed by atoms with Gasteiger partial charge in [0, 0.05) is 12.5 Å². The van der Waals surface area contributed by atoms with Crippen molar-refractivity contribution >= 4 is 11.9 Å². The molecule has 0 bridgehead atoms. The van der Waals surface area contributed by atoms with Gasteiger partial charge in [-0.3, -0.25) is 4.79 Å². The van der Waals surface area contributed by atoms with Crippen LogP contribution in [0, 0.1) is 5.92 Å². The number of carbonyl (C=O) groups excluding carboxylic acids is 2. The number of ether oxygens (including phenoxy) is 1. The van der Waals surface area contributed by atoms with Crippen molar-refractivity contribution in [1.29, 1.82) is 0 Å². The van der Waals surface area contributed by atoms with Gasteiger partial charge < -0.3 is 9.64 Å². The maximum absolute atomic E-state index is 12.0. The fourth-order valence-electron chi connectivity index (χ4n) is 2.21. The molecule has 4 heteroatoms. The molecule has 0 aromatic rings. The van der Waals surface area contributed by atoms with Gasteiger partial charge in [0.05, 0.1) is 0 Å². The molecule has 0 unspecified atom stereocenters. The van der Waals surface area contributed by atoms with Gasteiger partial charge in [0.2, 0.25) is 5.91 Å². The second kappa shape index (κ2) is 4.31. The number of carbonyl (C=O) groups is 2. The molecule has 17 heavy (non-hydrogen) atoms. The van der Waals surface area contributed by atoms with Crippen LogP contribution in [0.15, 0.2) is 0 Å². The Bertz CT molecular complexity index is 328. The lowest BCUT2D eigenvalue weighted by Crippen LogP contribution is -2.44. The summed E-state index contributed by atoms with van der Waals surface area (Å²) in [5.74, 6) is 0.0837. The summed E-state index contributed by atoms with van der Waals surface area (Å²) in [6, 6.07) is -0.345. The SMILES string of the molecule is CC(C)(C)OC(=O)[C@@H]1CCCN1C(=O)C1CC1. The van der Waals surface area contributed by atoms with Gasteiger partial charge >= 0.3 is 5.97 Å². The number of rotatable bonds is 2. The Morgan fingerprint density at radius 2 is 1.82 bits per heavy atom. The smallest absolute Gasteiger partial charge is 0.329 e. The summed E-state index contributed by atoms with van der Waals surface area (Å²) in [4.78, 5) is 25.7. The van der Waals surface area contributed by atoms with Crippen molar-refractivity contribution in [2.24, 2.45) is 5.92 Å². The van der Waals surface area contributed by atoms with Crippen LogP contribution in [0.2, 0.25) is 0 Å². The van der Waals surface area contributed by atoms with E-state index in [0.717, 1.165) is 25.7 Å². The Balaban J connectivity index is 1.98. The first kappa shape index (κ1) is 12.4. The highest BCUT2D eigenvalue weighted by molar-refractivity contribution is 5.87. The first-order chi connectivity index (χ1) is 7.88. The fraction of sp³-hybridized carbons (Fsp3) is 0.846. The quantitative estimate of drug-likeness (QED) is 0.689. The number of nitrogens with zero attached hydrogens (tertiary/aromatic N) is 1. The zero-order chi connectivity index (χ0) is 12.6. The fourth-order valence-corrected chi connectivity index (χ4v) is 2.21. The van der Waals surface area contributed by atoms with E-state index < -0.39 is 5.60 Å². The first-order valence-electron chi connectivity index (χ1n) is 6.42. The van der Waals surface area contributed by atoms with Crippen LogP contribution in [0.3, 0.4) is 0 Å². The molecule has 0 spiro atoms. The van der Waals surface area contributed by atoms with Crippen LogP contribution in [0.1, 0.15) is 46.5 Å². The summed E-state index contributed by atoms with van der Waals surface area (Å²) in [5, 5.41) is 0. The van der Waals surface area contributed by atoms with Gasteiger partial charge in [-0.15, -0.1) is 0 Å². The highest BCUT2D eigenvalue weighted by Crippen LogP contribution is 2.34. The Labute approximate surface area is 102 Å². The van der Waals surface area contributed by atoms with E-state index in [0.29, 0.717) is 6.54 Å². The molecule has 1 amide bonds. The largest absolute Gasteiger partial charge is 0.458 e. The Morgan fingerprint density at radius 1 is 1.18 bits per heavy atom. The van der Waals surface area contributed by atoms with E-state index in [1.165, 1.54) is 0 Å². The monoisotopic (exact) mass is 239 g/mol. The second-order valence-electron chi connectivity index (χ2n) is 6.00. The van der Waals surface area contributed by atoms with Gasteiger partial charge in [-0.25, -0.2) is 4.79 Å². The maximum atomic E-state index is 12.0. The lowest BCUT2D eigenvalue weighted by molar-refractivity contribution is -0.163. The molecule has 0 N–H and O–H groups in total. The molecule has 1 saturated heterocycles. The summed E-state index contributed by atoms with van der Waals surface area (Å²) < 4.78 is 5.37. The topological polar surface area (TPSA) is 46.6 Å². The maximum Gasteiger partial charge on any atom is 0.329 e. The molecule has 4 nitrogen and oxygen atoms in total. The number of esters is 1. The van der Waals surface area contributed by atoms with Crippen LogP contribution < -0.4 is 0 Å². The van der Waals surface area contributed by atoms with Crippen LogP contribution in [-0.2, 0) is 14.3 Å². The minimum Gasteiger partial charge on any atom is -0.458 e. The Hall–Kier alpha value is -1.06. The zero-order valence-electron chi connectivity index (χ0n) is 10.9. The summed E-state index contributed by atoms with van der Waals surface area (Å²) in [7, 11) is 0. The first-order valence-corrected chi connectivity index (χ1v) is 6.42. The summed E-state index contributed by atoms with van der Waals surface area (Å²) in [6.45, 7) is 6.27. The van der Waals surface area contributed by atoms with Crippen LogP contribution in [0.4, 0.5) is 0 Å². The molecule has 1 aliphatic carbocycles. The van der Waals surface area contributed by atoms with Crippen LogP contribution in [0.5, 0.6) is 0 Å². The minimum absolute atomic E-state index is 0.151. The highest BCUT2D eigenvalue weighted by Gasteiger charge is 2.42. The average Bonchev–Trinajstić information content (AvgIpc) is 2.91. The van der Waals surface area contributed by atoms with Crippen LogP contribution >= 0.6 is 0 Å². The van der Waals surface area contributed by atoms with Crippen molar-refractivity contribution in [3.63, 3.8) is 0 Å². The minimum atomic E-state index is -0.478. The molecule has 2 fully saturated rings. The third-order valence-corrected chi connectivity index (χ3v) is 3.14. The van der Waals surface area contributed by atoms with Gasteiger partial charge in [0.15, 0.2) is 0 Å². The Kier molecular flexibility index (Phi) is 3.15. The standard InChI is InChI=1S/C13H21NO3/c1-13(2,3)17-12(16)10-5-4-8-14(10)11(15)9-6-7-9/h9-10H,4-8H2,1-3H3/t10-/m0/s1. The molecule has 1 saturated carbocycles. The van der Waals surface area contributed by atoms with E-state index >= 15 is 0 Å². The van der Waals surface area contributed by atoms with Crippen molar-refractivity contribution in [3.8, 4) is 0 Å².